The number of sulfonamides is 1. The summed E-state index contributed by atoms with van der Waals surface area (Å²) in [6.07, 6.45) is 1.63. The summed E-state index contributed by atoms with van der Waals surface area (Å²) in [6, 6.07) is 12.7. The minimum atomic E-state index is -3.90. The van der Waals surface area contributed by atoms with Gasteiger partial charge in [-0.2, -0.15) is 5.10 Å². The monoisotopic (exact) mass is 540 g/mol. The van der Waals surface area contributed by atoms with Crippen LogP contribution in [0.1, 0.15) is 33.0 Å². The molecule has 192 valence electrons. The van der Waals surface area contributed by atoms with Crippen LogP contribution in [0.3, 0.4) is 0 Å². The van der Waals surface area contributed by atoms with E-state index < -0.39 is 15.9 Å². The third-order valence-electron chi connectivity index (χ3n) is 5.28. The van der Waals surface area contributed by atoms with E-state index in [0.717, 1.165) is 11.1 Å². The van der Waals surface area contributed by atoms with Gasteiger partial charge in [0.05, 0.1) is 4.90 Å². The molecule has 0 aliphatic carbocycles. The molecule has 0 radical (unpaired) electrons. The van der Waals surface area contributed by atoms with E-state index in [9.17, 15) is 13.2 Å². The van der Waals surface area contributed by atoms with Gasteiger partial charge in [-0.1, -0.05) is 11.6 Å². The number of aryl methyl sites for hydroxylation is 4. The number of hydrogen-bond donors (Lipinski definition) is 2. The van der Waals surface area contributed by atoms with Crippen molar-refractivity contribution in [2.75, 3.05) is 10.0 Å². The van der Waals surface area contributed by atoms with Crippen molar-refractivity contribution in [2.24, 2.45) is 0 Å². The Hall–Kier alpha value is -3.96. The maximum absolute atomic E-state index is 12.7. The van der Waals surface area contributed by atoms with E-state index in [1.165, 1.54) is 28.9 Å². The molecule has 4 aromatic rings. The molecule has 0 saturated heterocycles. The van der Waals surface area contributed by atoms with Crippen LogP contribution in [0.4, 0.5) is 11.6 Å². The van der Waals surface area contributed by atoms with Crippen molar-refractivity contribution in [2.45, 2.75) is 39.3 Å². The number of hydrogen-bond acceptors (Lipinski definition) is 7. The summed E-state index contributed by atoms with van der Waals surface area (Å²) < 4.78 is 35.0. The Kier molecular flexibility index (Phi) is 7.46. The molecule has 2 aromatic carbocycles. The number of carbonyl (C=O) groups is 1. The third kappa shape index (κ3) is 6.43. The van der Waals surface area contributed by atoms with E-state index in [1.807, 2.05) is 26.0 Å². The van der Waals surface area contributed by atoms with Crippen LogP contribution in [0.15, 0.2) is 59.6 Å². The van der Waals surface area contributed by atoms with Gasteiger partial charge in [0.1, 0.15) is 5.75 Å². The van der Waals surface area contributed by atoms with Gasteiger partial charge >= 0.3 is 0 Å². The highest BCUT2D eigenvalue weighted by atomic mass is 35.5. The van der Waals surface area contributed by atoms with Gasteiger partial charge in [0.15, 0.2) is 12.4 Å². The zero-order valence-electron chi connectivity index (χ0n) is 20.6. The number of ether oxygens (including phenoxy) is 1. The topological polar surface area (TPSA) is 128 Å². The summed E-state index contributed by atoms with van der Waals surface area (Å²) >= 11 is 6.19. The Labute approximate surface area is 219 Å². The summed E-state index contributed by atoms with van der Waals surface area (Å²) in [5.41, 5.74) is 3.69. The second kappa shape index (κ2) is 10.6. The number of nitrogens with one attached hydrogen (secondary N) is 2. The molecule has 0 fully saturated rings. The first-order chi connectivity index (χ1) is 17.5. The van der Waals surface area contributed by atoms with Gasteiger partial charge in [-0.05, 0) is 87.4 Å². The van der Waals surface area contributed by atoms with Gasteiger partial charge in [0, 0.05) is 28.3 Å². The average molecular weight is 541 g/mol. The molecule has 2 aromatic heterocycles. The Morgan fingerprint density at radius 1 is 0.973 bits per heavy atom. The first-order valence-electron chi connectivity index (χ1n) is 11.2. The molecule has 0 saturated carbocycles. The van der Waals surface area contributed by atoms with E-state index in [1.54, 1.807) is 32.2 Å². The molecule has 2 heterocycles. The molecule has 0 unspecified atom stereocenters. The second-order valence-corrected chi connectivity index (χ2v) is 10.5. The second-order valence-electron chi connectivity index (χ2n) is 8.44. The summed E-state index contributed by atoms with van der Waals surface area (Å²) in [6.45, 7) is 7.41. The van der Waals surface area contributed by atoms with Gasteiger partial charge in [0.2, 0.25) is 5.95 Å². The van der Waals surface area contributed by atoms with Crippen molar-refractivity contribution in [3.05, 3.63) is 88.0 Å². The van der Waals surface area contributed by atoms with Gasteiger partial charge in [0.25, 0.3) is 15.9 Å². The summed E-state index contributed by atoms with van der Waals surface area (Å²) in [4.78, 5) is 20.8. The number of amides is 1. The molecular weight excluding hydrogens is 516 g/mol. The molecule has 12 heteroatoms. The molecule has 4 rings (SSSR count). The first-order valence-corrected chi connectivity index (χ1v) is 13.1. The zero-order valence-corrected chi connectivity index (χ0v) is 22.2. The van der Waals surface area contributed by atoms with Crippen LogP contribution in [0.5, 0.6) is 5.75 Å². The fourth-order valence-corrected chi connectivity index (χ4v) is 4.60. The molecule has 0 bridgehead atoms. The summed E-state index contributed by atoms with van der Waals surface area (Å²) in [5, 5.41) is 7.63. The SMILES string of the molecule is Cc1cc(C)nc(NS(=O)(=O)c2ccc(NC(=O)c3ccn(COc4cc(C)c(Cl)c(C)c4)n3)cc2)n1. The summed E-state index contributed by atoms with van der Waals surface area (Å²) in [5.74, 6) is 0.194. The number of benzene rings is 2. The first kappa shape index (κ1) is 26.1. The molecule has 2 N–H and O–H groups in total. The fourth-order valence-electron chi connectivity index (χ4n) is 3.55. The lowest BCUT2D eigenvalue weighted by atomic mass is 10.1. The quantitative estimate of drug-likeness (QED) is 0.333. The molecular formula is C25H25ClN6O4S. The lowest BCUT2D eigenvalue weighted by molar-refractivity contribution is 0.102. The normalized spacial score (nSPS) is 11.3. The molecule has 37 heavy (non-hydrogen) atoms. The minimum absolute atomic E-state index is 0.00218. The fraction of sp³-hybridized carbons (Fsp3) is 0.200. The van der Waals surface area contributed by atoms with Gasteiger partial charge < -0.3 is 10.1 Å². The van der Waals surface area contributed by atoms with Gasteiger partial charge in [-0.25, -0.2) is 27.8 Å². The number of rotatable bonds is 8. The van der Waals surface area contributed by atoms with Crippen molar-refractivity contribution in [3.63, 3.8) is 0 Å². The number of halogens is 1. The molecule has 0 aliphatic rings. The Morgan fingerprint density at radius 2 is 1.59 bits per heavy atom. The highest BCUT2D eigenvalue weighted by Crippen LogP contribution is 2.26. The lowest BCUT2D eigenvalue weighted by Crippen LogP contribution is -2.16. The van der Waals surface area contributed by atoms with Crippen molar-refractivity contribution < 1.29 is 17.9 Å². The van der Waals surface area contributed by atoms with Crippen molar-refractivity contribution in [1.82, 2.24) is 19.7 Å². The van der Waals surface area contributed by atoms with Crippen molar-refractivity contribution in [1.29, 1.82) is 0 Å². The maximum Gasteiger partial charge on any atom is 0.276 e. The largest absolute Gasteiger partial charge is 0.471 e. The van der Waals surface area contributed by atoms with Crippen LogP contribution >= 0.6 is 11.6 Å². The van der Waals surface area contributed by atoms with E-state index >= 15 is 0 Å². The van der Waals surface area contributed by atoms with Crippen molar-refractivity contribution >= 4 is 39.2 Å². The Morgan fingerprint density at radius 3 is 2.22 bits per heavy atom. The van der Waals surface area contributed by atoms with E-state index in [-0.39, 0.29) is 23.3 Å². The predicted molar refractivity (Wildman–Crippen MR) is 140 cm³/mol. The van der Waals surface area contributed by atoms with Crippen LogP contribution in [0.2, 0.25) is 5.02 Å². The molecule has 0 aliphatic heterocycles. The Balaban J connectivity index is 1.37. The van der Waals surface area contributed by atoms with Crippen LogP contribution in [-0.4, -0.2) is 34.1 Å². The van der Waals surface area contributed by atoms with E-state index in [2.05, 4.69) is 25.1 Å². The van der Waals surface area contributed by atoms with Crippen LogP contribution in [0, 0.1) is 27.7 Å². The number of anilines is 2. The lowest BCUT2D eigenvalue weighted by Gasteiger charge is -2.10. The van der Waals surface area contributed by atoms with Crippen LogP contribution in [0.25, 0.3) is 0 Å². The van der Waals surface area contributed by atoms with Gasteiger partial charge in [-0.15, -0.1) is 0 Å². The van der Waals surface area contributed by atoms with Crippen LogP contribution in [-0.2, 0) is 16.8 Å². The average Bonchev–Trinajstić information content (AvgIpc) is 3.30. The summed E-state index contributed by atoms with van der Waals surface area (Å²) in [7, 11) is -3.90. The van der Waals surface area contributed by atoms with E-state index in [4.69, 9.17) is 16.3 Å². The zero-order chi connectivity index (χ0) is 26.7. The smallest absolute Gasteiger partial charge is 0.276 e. The highest BCUT2D eigenvalue weighted by Gasteiger charge is 2.17. The minimum Gasteiger partial charge on any atom is -0.471 e. The number of carbonyl (C=O) groups excluding carboxylic acids is 1. The standard InChI is InChI=1S/C25H25ClN6O4S/c1-15-11-20(12-16(2)23(15)26)36-14-32-10-9-22(30-32)24(33)29-19-5-7-21(8-6-19)37(34,35)31-25-27-17(3)13-18(4)28-25/h5-13H,14H2,1-4H3,(H,29,33)(H,27,28,31). The van der Waals surface area contributed by atoms with Crippen molar-refractivity contribution in [3.8, 4) is 5.75 Å². The number of nitrogens with zero attached hydrogens (tertiary/aromatic N) is 4. The molecule has 1 amide bonds. The molecule has 0 spiro atoms. The number of aromatic nitrogens is 4. The maximum atomic E-state index is 12.7. The predicted octanol–water partition coefficient (Wildman–Crippen LogP) is 4.65. The van der Waals surface area contributed by atoms with Gasteiger partial charge in [-0.3, -0.25) is 4.79 Å². The third-order valence-corrected chi connectivity index (χ3v) is 7.22. The molecule has 10 nitrogen and oxygen atoms in total. The highest BCUT2D eigenvalue weighted by molar-refractivity contribution is 7.92. The Bertz CT molecular complexity index is 1530. The van der Waals surface area contributed by atoms with E-state index in [0.29, 0.717) is 27.8 Å². The van der Waals surface area contributed by atoms with Crippen LogP contribution < -0.4 is 14.8 Å². The molecule has 0 atom stereocenters.